The maximum Gasteiger partial charge on any atom is 0.249 e. The van der Waals surface area contributed by atoms with E-state index in [4.69, 9.17) is 19.6 Å². The zero-order valence-electron chi connectivity index (χ0n) is 12.6. The van der Waals surface area contributed by atoms with Crippen molar-refractivity contribution < 1.29 is 19.6 Å². The van der Waals surface area contributed by atoms with E-state index in [1.165, 1.54) is 0 Å². The second-order valence-electron chi connectivity index (χ2n) is 6.33. The summed E-state index contributed by atoms with van der Waals surface area (Å²) in [5, 5.41) is 0. The summed E-state index contributed by atoms with van der Waals surface area (Å²) in [6.07, 6.45) is -0.723. The third-order valence-corrected chi connectivity index (χ3v) is 1.84. The first-order chi connectivity index (χ1) is 8.67. The van der Waals surface area contributed by atoms with Gasteiger partial charge in [-0.3, -0.25) is 0 Å². The van der Waals surface area contributed by atoms with E-state index in [2.05, 4.69) is 0 Å². The Kier molecular flexibility index (Phi) is 5.50. The lowest BCUT2D eigenvalue weighted by molar-refractivity contribution is -0.502. The van der Waals surface area contributed by atoms with Crippen LogP contribution in [0, 0.1) is 0 Å². The van der Waals surface area contributed by atoms with E-state index in [1.807, 2.05) is 71.9 Å². The highest BCUT2D eigenvalue weighted by atomic mass is 17.3. The van der Waals surface area contributed by atoms with Crippen LogP contribution < -0.4 is 0 Å². The molecule has 1 rings (SSSR count). The number of hydrogen-bond acceptors (Lipinski definition) is 4. The fourth-order valence-corrected chi connectivity index (χ4v) is 1.11. The van der Waals surface area contributed by atoms with E-state index >= 15 is 0 Å². The Hall–Kier alpha value is -0.940. The molecule has 1 aromatic rings. The lowest BCUT2D eigenvalue weighted by atomic mass is 10.2. The molecule has 19 heavy (non-hydrogen) atoms. The predicted molar refractivity (Wildman–Crippen MR) is 73.0 cm³/mol. The molecule has 0 aliphatic carbocycles. The molecule has 0 heterocycles. The molecule has 0 saturated carbocycles. The van der Waals surface area contributed by atoms with Crippen molar-refractivity contribution >= 4 is 0 Å². The average molecular weight is 268 g/mol. The summed E-state index contributed by atoms with van der Waals surface area (Å²) in [6.45, 7) is 11.4. The van der Waals surface area contributed by atoms with Crippen molar-refractivity contribution in [3.8, 4) is 0 Å². The van der Waals surface area contributed by atoms with Crippen LogP contribution >= 0.6 is 0 Å². The molecule has 0 fully saturated rings. The molecule has 0 aromatic heterocycles. The predicted octanol–water partition coefficient (Wildman–Crippen LogP) is 4.18. The van der Waals surface area contributed by atoms with Crippen LogP contribution in [0.1, 0.15) is 53.4 Å². The molecule has 0 bridgehead atoms. The first kappa shape index (κ1) is 16.1. The van der Waals surface area contributed by atoms with E-state index < -0.39 is 17.5 Å². The van der Waals surface area contributed by atoms with Gasteiger partial charge >= 0.3 is 0 Å². The molecular weight excluding hydrogens is 244 g/mol. The monoisotopic (exact) mass is 268 g/mol. The van der Waals surface area contributed by atoms with Crippen molar-refractivity contribution in [2.75, 3.05) is 0 Å². The van der Waals surface area contributed by atoms with Crippen LogP contribution in [0.25, 0.3) is 0 Å². The minimum absolute atomic E-state index is 0.419. The Labute approximate surface area is 115 Å². The Morgan fingerprint density at radius 2 is 1.16 bits per heavy atom. The molecule has 4 heteroatoms. The maximum absolute atomic E-state index is 5.34. The molecule has 0 aliphatic rings. The average Bonchev–Trinajstić information content (AvgIpc) is 2.27. The quantitative estimate of drug-likeness (QED) is 0.456. The van der Waals surface area contributed by atoms with Crippen molar-refractivity contribution in [2.24, 2.45) is 0 Å². The van der Waals surface area contributed by atoms with Gasteiger partial charge in [-0.05, 0) is 41.5 Å². The van der Waals surface area contributed by atoms with Gasteiger partial charge in [0.2, 0.25) is 6.29 Å². The Bertz CT molecular complexity index is 344. The van der Waals surface area contributed by atoms with Crippen LogP contribution in [-0.2, 0) is 19.6 Å². The highest BCUT2D eigenvalue weighted by Crippen LogP contribution is 2.24. The van der Waals surface area contributed by atoms with E-state index in [0.29, 0.717) is 0 Å². The summed E-state index contributed by atoms with van der Waals surface area (Å²) >= 11 is 0. The summed E-state index contributed by atoms with van der Waals surface area (Å²) in [6, 6.07) is 9.52. The van der Waals surface area contributed by atoms with Crippen molar-refractivity contribution in [1.82, 2.24) is 0 Å². The molecule has 0 N–H and O–H groups in total. The molecule has 0 unspecified atom stereocenters. The Morgan fingerprint density at radius 3 is 1.53 bits per heavy atom. The third-order valence-electron chi connectivity index (χ3n) is 1.84. The molecule has 0 spiro atoms. The standard InChI is InChI=1S/C15H24O4/c1-14(2,3)18-16-13(17-19-15(4,5)6)12-10-8-7-9-11-12/h7-11,13H,1-6H3. The first-order valence-electron chi connectivity index (χ1n) is 6.41. The summed E-state index contributed by atoms with van der Waals surface area (Å²) in [7, 11) is 0. The Morgan fingerprint density at radius 1 is 0.737 bits per heavy atom. The summed E-state index contributed by atoms with van der Waals surface area (Å²) < 4.78 is 0. The van der Waals surface area contributed by atoms with Crippen molar-refractivity contribution in [1.29, 1.82) is 0 Å². The van der Waals surface area contributed by atoms with Gasteiger partial charge in [0, 0.05) is 5.56 Å². The zero-order valence-corrected chi connectivity index (χ0v) is 12.6. The van der Waals surface area contributed by atoms with Crippen LogP contribution in [-0.4, -0.2) is 11.2 Å². The van der Waals surface area contributed by atoms with Crippen molar-refractivity contribution in [3.05, 3.63) is 35.9 Å². The number of rotatable bonds is 5. The van der Waals surface area contributed by atoms with Gasteiger partial charge in [0.1, 0.15) is 0 Å². The molecule has 0 radical (unpaired) electrons. The second kappa shape index (κ2) is 6.48. The molecule has 108 valence electrons. The lowest BCUT2D eigenvalue weighted by Crippen LogP contribution is -2.25. The number of hydrogen-bond donors (Lipinski definition) is 0. The minimum atomic E-state index is -0.723. The summed E-state index contributed by atoms with van der Waals surface area (Å²) in [5.74, 6) is 0. The molecular formula is C15H24O4. The SMILES string of the molecule is CC(C)(C)OOC(OOC(C)(C)C)c1ccccc1. The van der Waals surface area contributed by atoms with Gasteiger partial charge in [-0.1, -0.05) is 30.3 Å². The van der Waals surface area contributed by atoms with Crippen LogP contribution in [0.2, 0.25) is 0 Å². The fraction of sp³-hybridized carbons (Fsp3) is 0.600. The van der Waals surface area contributed by atoms with Gasteiger partial charge in [-0.2, -0.15) is 9.78 Å². The smallest absolute Gasteiger partial charge is 0.228 e. The molecule has 4 nitrogen and oxygen atoms in total. The summed E-state index contributed by atoms with van der Waals surface area (Å²) in [4.78, 5) is 21.3. The first-order valence-corrected chi connectivity index (χ1v) is 6.41. The van der Waals surface area contributed by atoms with Gasteiger partial charge < -0.3 is 0 Å². The van der Waals surface area contributed by atoms with Crippen molar-refractivity contribution in [2.45, 2.75) is 59.0 Å². The van der Waals surface area contributed by atoms with Crippen LogP contribution in [0.15, 0.2) is 30.3 Å². The van der Waals surface area contributed by atoms with Crippen molar-refractivity contribution in [3.63, 3.8) is 0 Å². The van der Waals surface area contributed by atoms with Gasteiger partial charge in [0.05, 0.1) is 11.2 Å². The van der Waals surface area contributed by atoms with Crippen LogP contribution in [0.3, 0.4) is 0 Å². The lowest BCUT2D eigenvalue weighted by Gasteiger charge is -2.25. The molecule has 1 aromatic carbocycles. The largest absolute Gasteiger partial charge is 0.249 e. The highest BCUT2D eigenvalue weighted by molar-refractivity contribution is 5.15. The third kappa shape index (κ3) is 7.28. The van der Waals surface area contributed by atoms with Crippen LogP contribution in [0.5, 0.6) is 0 Å². The zero-order chi connectivity index (χ0) is 14.5. The Balaban J connectivity index is 2.68. The molecule has 0 saturated heterocycles. The van der Waals surface area contributed by atoms with E-state index in [9.17, 15) is 0 Å². The van der Waals surface area contributed by atoms with Gasteiger partial charge in [-0.15, -0.1) is 0 Å². The highest BCUT2D eigenvalue weighted by Gasteiger charge is 2.22. The normalized spacial score (nSPS) is 13.0. The second-order valence-corrected chi connectivity index (χ2v) is 6.33. The maximum atomic E-state index is 5.34. The fourth-order valence-electron chi connectivity index (χ4n) is 1.11. The van der Waals surface area contributed by atoms with E-state index in [1.54, 1.807) is 0 Å². The van der Waals surface area contributed by atoms with Gasteiger partial charge in [-0.25, -0.2) is 9.78 Å². The van der Waals surface area contributed by atoms with Gasteiger partial charge in [0.25, 0.3) is 0 Å². The molecule has 0 atom stereocenters. The molecule has 0 amide bonds. The minimum Gasteiger partial charge on any atom is -0.228 e. The number of benzene rings is 1. The van der Waals surface area contributed by atoms with Gasteiger partial charge in [0.15, 0.2) is 0 Å². The summed E-state index contributed by atoms with van der Waals surface area (Å²) in [5.41, 5.74) is -0.00743. The van der Waals surface area contributed by atoms with E-state index in [-0.39, 0.29) is 0 Å². The molecule has 0 aliphatic heterocycles. The van der Waals surface area contributed by atoms with E-state index in [0.717, 1.165) is 5.56 Å². The van der Waals surface area contributed by atoms with Crippen LogP contribution in [0.4, 0.5) is 0 Å². The topological polar surface area (TPSA) is 36.9 Å².